The largest absolute Gasteiger partial charge is 0.389 e. The number of hydrazone groups is 1. The summed E-state index contributed by atoms with van der Waals surface area (Å²) in [5, 5.41) is 24.7. The summed E-state index contributed by atoms with van der Waals surface area (Å²) >= 11 is 0. The quantitative estimate of drug-likeness (QED) is 0.251. The molecule has 150 valence electrons. The van der Waals surface area contributed by atoms with E-state index in [4.69, 9.17) is 18.1 Å². The van der Waals surface area contributed by atoms with Crippen LogP contribution >= 0.6 is 15.2 Å². The van der Waals surface area contributed by atoms with E-state index in [9.17, 15) is 29.4 Å². The first-order valence-electron chi connectivity index (χ1n) is 6.79. The van der Waals surface area contributed by atoms with Gasteiger partial charge in [-0.25, -0.2) is 0 Å². The van der Waals surface area contributed by atoms with Crippen LogP contribution < -0.4 is 5.43 Å². The maximum atomic E-state index is 12.6. The van der Waals surface area contributed by atoms with Gasteiger partial charge in [0.2, 0.25) is 0 Å². The van der Waals surface area contributed by atoms with E-state index >= 15 is 0 Å². The predicted octanol–water partition coefficient (Wildman–Crippen LogP) is 3.16. The first-order valence-corrected chi connectivity index (χ1v) is 9.87. The van der Waals surface area contributed by atoms with Crippen LogP contribution in [0.2, 0.25) is 0 Å². The van der Waals surface area contributed by atoms with E-state index in [0.29, 0.717) is 6.07 Å². The van der Waals surface area contributed by atoms with Crippen molar-refractivity contribution in [3.8, 4) is 0 Å². The summed E-state index contributed by atoms with van der Waals surface area (Å²) in [5.41, 5.74) is 0.611. The molecule has 1 aromatic carbocycles. The number of nitrogens with zero attached hydrogens (tertiary/aromatic N) is 3. The molecule has 0 aliphatic heterocycles. The molecule has 0 saturated carbocycles. The molecular weight excluding hydrogens is 410 g/mol. The van der Waals surface area contributed by atoms with Gasteiger partial charge in [0.05, 0.1) is 15.9 Å². The number of anilines is 1. The lowest BCUT2D eigenvalue weighted by atomic mass is 10.2. The minimum atomic E-state index is -4.25. The second-order valence-corrected chi connectivity index (χ2v) is 9.11. The first-order chi connectivity index (χ1) is 12.6. The molecule has 14 nitrogen and oxygen atoms in total. The predicted molar refractivity (Wildman–Crippen MR) is 94.1 cm³/mol. The van der Waals surface area contributed by atoms with Gasteiger partial charge in [0.1, 0.15) is 5.69 Å². The number of non-ortho nitro benzene ring substituents is 1. The highest BCUT2D eigenvalue weighted by atomic mass is 31.2. The monoisotopic (exact) mass is 426 g/mol. The van der Waals surface area contributed by atoms with Crippen molar-refractivity contribution < 1.29 is 37.1 Å². The number of benzene rings is 1. The van der Waals surface area contributed by atoms with Crippen LogP contribution in [0.15, 0.2) is 23.3 Å². The summed E-state index contributed by atoms with van der Waals surface area (Å²) in [7, 11) is -4.54. The van der Waals surface area contributed by atoms with Gasteiger partial charge in [-0.1, -0.05) is 0 Å². The maximum Gasteiger partial charge on any atom is 0.389 e. The van der Waals surface area contributed by atoms with E-state index in [2.05, 4.69) is 10.5 Å². The third-order valence-corrected chi connectivity index (χ3v) is 7.69. The summed E-state index contributed by atoms with van der Waals surface area (Å²) in [6, 6.07) is 2.66. The number of hydrogen-bond acceptors (Lipinski definition) is 12. The molecule has 0 bridgehead atoms. The Morgan fingerprint density at radius 2 is 1.44 bits per heavy atom. The summed E-state index contributed by atoms with van der Waals surface area (Å²) in [6.07, 6.45) is 0. The van der Waals surface area contributed by atoms with Gasteiger partial charge >= 0.3 is 20.9 Å². The van der Waals surface area contributed by atoms with Crippen LogP contribution in [-0.4, -0.2) is 43.5 Å². The Hall–Kier alpha value is -2.21. The fourth-order valence-electron chi connectivity index (χ4n) is 1.74. The minimum absolute atomic E-state index is 0.319. The van der Waals surface area contributed by atoms with Crippen LogP contribution in [0.5, 0.6) is 0 Å². The van der Waals surface area contributed by atoms with Gasteiger partial charge in [-0.3, -0.25) is 34.8 Å². The van der Waals surface area contributed by atoms with Gasteiger partial charge in [0, 0.05) is 34.5 Å². The molecule has 0 spiro atoms. The lowest BCUT2D eigenvalue weighted by molar-refractivity contribution is -0.393. The van der Waals surface area contributed by atoms with Crippen LogP contribution in [0.25, 0.3) is 0 Å². The van der Waals surface area contributed by atoms with E-state index in [-0.39, 0.29) is 5.69 Å². The Labute approximate surface area is 152 Å². The first kappa shape index (κ1) is 22.8. The van der Waals surface area contributed by atoms with Crippen molar-refractivity contribution in [2.75, 3.05) is 33.9 Å². The molecule has 0 heterocycles. The smallest absolute Gasteiger partial charge is 0.307 e. The molecule has 0 saturated heterocycles. The summed E-state index contributed by atoms with van der Waals surface area (Å²) in [6.45, 7) is 0. The molecule has 0 radical (unpaired) electrons. The SMILES string of the molecule is COP(=O)(OC)C(=NNc1ccc([N+](=O)[O-])cc1[N+](=O)[O-])P(=O)(OC)OC. The normalized spacial score (nSPS) is 11.7. The van der Waals surface area contributed by atoms with Crippen molar-refractivity contribution in [1.29, 1.82) is 0 Å². The molecule has 1 aromatic rings. The van der Waals surface area contributed by atoms with Crippen molar-refractivity contribution in [3.63, 3.8) is 0 Å². The van der Waals surface area contributed by atoms with Crippen molar-refractivity contribution in [2.24, 2.45) is 5.10 Å². The van der Waals surface area contributed by atoms with Gasteiger partial charge in [0.15, 0.2) is 0 Å². The van der Waals surface area contributed by atoms with Gasteiger partial charge in [-0.15, -0.1) is 0 Å². The zero-order valence-corrected chi connectivity index (χ0v) is 16.3. The second kappa shape index (κ2) is 9.13. The number of nitro benzene ring substituents is 2. The third-order valence-electron chi connectivity index (χ3n) is 3.12. The van der Waals surface area contributed by atoms with Crippen molar-refractivity contribution >= 4 is 37.4 Å². The van der Waals surface area contributed by atoms with E-state index in [0.717, 1.165) is 40.6 Å². The molecule has 0 fully saturated rings. The second-order valence-electron chi connectivity index (χ2n) is 4.46. The molecule has 16 heteroatoms. The van der Waals surface area contributed by atoms with Crippen LogP contribution in [0.3, 0.4) is 0 Å². The molecule has 0 aromatic heterocycles. The molecule has 0 atom stereocenters. The Balaban J connectivity index is 3.52. The third kappa shape index (κ3) is 4.95. The molecule has 1 rings (SSSR count). The van der Waals surface area contributed by atoms with Gasteiger partial charge in [-0.05, 0) is 6.07 Å². The average Bonchev–Trinajstić information content (AvgIpc) is 2.67. The van der Waals surface area contributed by atoms with Gasteiger partial charge in [0.25, 0.3) is 10.9 Å². The molecule has 0 aliphatic carbocycles. The fraction of sp³-hybridized carbons (Fsp3) is 0.364. The lowest BCUT2D eigenvalue weighted by Crippen LogP contribution is -2.11. The molecule has 0 aliphatic rings. The Kier molecular flexibility index (Phi) is 7.72. The Bertz CT molecular complexity index is 814. The van der Waals surface area contributed by atoms with E-state index in [1.165, 1.54) is 0 Å². The highest BCUT2D eigenvalue weighted by Crippen LogP contribution is 2.65. The minimum Gasteiger partial charge on any atom is -0.307 e. The summed E-state index contributed by atoms with van der Waals surface area (Å²) in [5.74, 6) is 0. The van der Waals surface area contributed by atoms with Crippen LogP contribution in [0.1, 0.15) is 0 Å². The zero-order chi connectivity index (χ0) is 20.8. The van der Waals surface area contributed by atoms with Crippen LogP contribution in [0.4, 0.5) is 17.1 Å². The molecule has 27 heavy (non-hydrogen) atoms. The van der Waals surface area contributed by atoms with Crippen molar-refractivity contribution in [1.82, 2.24) is 0 Å². The summed E-state index contributed by atoms with van der Waals surface area (Å²) in [4.78, 5) is 20.2. The molecule has 0 unspecified atom stereocenters. The number of rotatable bonds is 10. The van der Waals surface area contributed by atoms with Crippen molar-refractivity contribution in [3.05, 3.63) is 38.4 Å². The summed E-state index contributed by atoms with van der Waals surface area (Å²) < 4.78 is 44.1. The maximum absolute atomic E-state index is 12.6. The topological polar surface area (TPSA) is 182 Å². The average molecular weight is 426 g/mol. The number of nitrogens with one attached hydrogen (secondary N) is 1. The Morgan fingerprint density at radius 3 is 1.81 bits per heavy atom. The van der Waals surface area contributed by atoms with E-state index < -0.39 is 41.6 Å². The molecule has 0 amide bonds. The highest BCUT2D eigenvalue weighted by Gasteiger charge is 2.46. The Morgan fingerprint density at radius 1 is 0.963 bits per heavy atom. The standard InChI is InChI=1S/C11H16N4O10P2/c1-22-26(20,23-2)11(27(21,24-3)25-4)13-12-9-6-5-8(14(16)17)7-10(9)15(18)19/h5-7,12H,1-4H3. The fourth-order valence-corrected chi connectivity index (χ4v) is 5.21. The van der Waals surface area contributed by atoms with Crippen molar-refractivity contribution in [2.45, 2.75) is 0 Å². The van der Waals surface area contributed by atoms with Gasteiger partial charge < -0.3 is 18.1 Å². The van der Waals surface area contributed by atoms with E-state index in [1.807, 2.05) is 0 Å². The molecular formula is C11H16N4O10P2. The van der Waals surface area contributed by atoms with E-state index in [1.54, 1.807) is 0 Å². The molecule has 1 N–H and O–H groups in total. The lowest BCUT2D eigenvalue weighted by Gasteiger charge is -2.21. The number of hydrogen-bond donors (Lipinski definition) is 1. The number of nitro groups is 2. The zero-order valence-electron chi connectivity index (χ0n) is 14.6. The van der Waals surface area contributed by atoms with Crippen LogP contribution in [-0.2, 0) is 27.2 Å². The highest BCUT2D eigenvalue weighted by molar-refractivity contribution is 7.98. The van der Waals surface area contributed by atoms with Crippen LogP contribution in [0, 0.1) is 20.2 Å². The van der Waals surface area contributed by atoms with Gasteiger partial charge in [-0.2, -0.15) is 5.10 Å².